The smallest absolute Gasteiger partial charge is 0.384 e. The molecule has 0 saturated heterocycles. The molecule has 3 nitrogen and oxygen atoms in total. The summed E-state index contributed by atoms with van der Waals surface area (Å²) >= 11 is 3.08. The van der Waals surface area contributed by atoms with Crippen LogP contribution >= 0.6 is 15.9 Å². The fourth-order valence-electron chi connectivity index (χ4n) is 1.40. The SMILES string of the molecule is CCS(=O)(=O)CCNc1cc(Br)ccc1C(F)(F)F. The molecule has 0 fully saturated rings. The molecule has 0 spiro atoms. The standard InChI is InChI=1S/C11H13BrF3NO2S/c1-2-19(17,18)6-5-16-10-7-8(12)3-4-9(10)11(13,14)15/h3-4,7,16H,2,5-6H2,1H3. The molecule has 0 radical (unpaired) electrons. The third-order valence-corrected chi connectivity index (χ3v) is 4.65. The highest BCUT2D eigenvalue weighted by molar-refractivity contribution is 9.10. The normalized spacial score (nSPS) is 12.5. The second-order valence-corrected chi connectivity index (χ2v) is 7.24. The minimum absolute atomic E-state index is 0.0285. The molecule has 0 atom stereocenters. The molecule has 0 aliphatic heterocycles. The van der Waals surface area contributed by atoms with Crippen molar-refractivity contribution in [2.24, 2.45) is 0 Å². The minimum atomic E-state index is -4.48. The van der Waals surface area contributed by atoms with Crippen molar-refractivity contribution < 1.29 is 21.6 Å². The molecule has 0 amide bonds. The molecule has 0 aromatic heterocycles. The van der Waals surface area contributed by atoms with Crippen molar-refractivity contribution in [3.8, 4) is 0 Å². The lowest BCUT2D eigenvalue weighted by atomic mass is 10.1. The van der Waals surface area contributed by atoms with Gasteiger partial charge in [0.25, 0.3) is 0 Å². The zero-order valence-corrected chi connectivity index (χ0v) is 12.5. The number of hydrogen-bond donors (Lipinski definition) is 1. The zero-order chi connectivity index (χ0) is 14.7. The van der Waals surface area contributed by atoms with Crippen LogP contribution in [0.4, 0.5) is 18.9 Å². The van der Waals surface area contributed by atoms with Crippen molar-refractivity contribution in [2.45, 2.75) is 13.1 Å². The van der Waals surface area contributed by atoms with E-state index in [2.05, 4.69) is 21.2 Å². The molecule has 19 heavy (non-hydrogen) atoms. The predicted octanol–water partition coefficient (Wildman–Crippen LogP) is 3.31. The fourth-order valence-corrected chi connectivity index (χ4v) is 2.46. The molecular formula is C11H13BrF3NO2S. The summed E-state index contributed by atoms with van der Waals surface area (Å²) < 4.78 is 61.2. The Morgan fingerprint density at radius 1 is 1.32 bits per heavy atom. The van der Waals surface area contributed by atoms with Crippen LogP contribution in [-0.2, 0) is 16.0 Å². The summed E-state index contributed by atoms with van der Waals surface area (Å²) in [5.41, 5.74) is -0.947. The van der Waals surface area contributed by atoms with E-state index in [1.165, 1.54) is 19.1 Å². The summed E-state index contributed by atoms with van der Waals surface area (Å²) in [7, 11) is -3.20. The van der Waals surface area contributed by atoms with Crippen LogP contribution in [0.1, 0.15) is 12.5 Å². The number of halogens is 4. The molecule has 1 aromatic rings. The highest BCUT2D eigenvalue weighted by atomic mass is 79.9. The first-order chi connectivity index (χ1) is 8.65. The number of nitrogens with one attached hydrogen (secondary N) is 1. The van der Waals surface area contributed by atoms with E-state index in [1.807, 2.05) is 0 Å². The summed E-state index contributed by atoms with van der Waals surface area (Å²) in [6.07, 6.45) is -4.48. The molecule has 1 aromatic carbocycles. The first kappa shape index (κ1) is 16.3. The van der Waals surface area contributed by atoms with Crippen molar-refractivity contribution in [3.63, 3.8) is 0 Å². The van der Waals surface area contributed by atoms with Crippen LogP contribution in [0.2, 0.25) is 0 Å². The Bertz CT molecular complexity index is 543. The molecule has 0 saturated carbocycles. The van der Waals surface area contributed by atoms with Gasteiger partial charge in [0, 0.05) is 22.5 Å². The van der Waals surface area contributed by atoms with Crippen molar-refractivity contribution in [1.29, 1.82) is 0 Å². The molecule has 0 aliphatic carbocycles. The van der Waals surface area contributed by atoms with Crippen molar-refractivity contribution in [3.05, 3.63) is 28.2 Å². The van der Waals surface area contributed by atoms with E-state index < -0.39 is 21.6 Å². The quantitative estimate of drug-likeness (QED) is 0.877. The molecule has 0 bridgehead atoms. The number of alkyl halides is 3. The lowest BCUT2D eigenvalue weighted by Gasteiger charge is -2.14. The van der Waals surface area contributed by atoms with E-state index in [9.17, 15) is 21.6 Å². The average Bonchev–Trinajstić information content (AvgIpc) is 2.27. The average molecular weight is 360 g/mol. The Hall–Kier alpha value is -0.760. The summed E-state index contributed by atoms with van der Waals surface area (Å²) in [5.74, 6) is -0.230. The summed E-state index contributed by atoms with van der Waals surface area (Å²) in [5, 5.41) is 2.52. The van der Waals surface area contributed by atoms with Crippen molar-refractivity contribution in [1.82, 2.24) is 0 Å². The second-order valence-electron chi connectivity index (χ2n) is 3.85. The lowest BCUT2D eigenvalue weighted by Crippen LogP contribution is -2.19. The maximum Gasteiger partial charge on any atom is 0.418 e. The highest BCUT2D eigenvalue weighted by Crippen LogP contribution is 2.36. The van der Waals surface area contributed by atoms with Gasteiger partial charge in [0.1, 0.15) is 0 Å². The number of benzene rings is 1. The maximum atomic E-state index is 12.7. The van der Waals surface area contributed by atoms with Gasteiger partial charge in [-0.3, -0.25) is 0 Å². The van der Waals surface area contributed by atoms with Crippen LogP contribution < -0.4 is 5.32 Å². The summed E-state index contributed by atoms with van der Waals surface area (Å²) in [6.45, 7) is 1.44. The minimum Gasteiger partial charge on any atom is -0.384 e. The first-order valence-electron chi connectivity index (χ1n) is 5.47. The van der Waals surface area contributed by atoms with Crippen LogP contribution in [0.3, 0.4) is 0 Å². The van der Waals surface area contributed by atoms with Crippen LogP contribution in [0.15, 0.2) is 22.7 Å². The van der Waals surface area contributed by atoms with Gasteiger partial charge in [0.05, 0.1) is 11.3 Å². The number of anilines is 1. The van der Waals surface area contributed by atoms with E-state index in [0.29, 0.717) is 4.47 Å². The maximum absolute atomic E-state index is 12.7. The Balaban J connectivity index is 2.86. The van der Waals surface area contributed by atoms with Gasteiger partial charge in [-0.1, -0.05) is 22.9 Å². The Morgan fingerprint density at radius 2 is 1.95 bits per heavy atom. The highest BCUT2D eigenvalue weighted by Gasteiger charge is 2.33. The zero-order valence-electron chi connectivity index (χ0n) is 10.1. The largest absolute Gasteiger partial charge is 0.418 e. The Labute approximate surface area is 118 Å². The van der Waals surface area contributed by atoms with Gasteiger partial charge in [-0.05, 0) is 18.2 Å². The van der Waals surface area contributed by atoms with Crippen LogP contribution in [0.5, 0.6) is 0 Å². The third-order valence-electron chi connectivity index (χ3n) is 2.46. The molecule has 1 N–H and O–H groups in total. The van der Waals surface area contributed by atoms with Gasteiger partial charge in [-0.2, -0.15) is 13.2 Å². The van der Waals surface area contributed by atoms with Crippen LogP contribution in [0.25, 0.3) is 0 Å². The molecular weight excluding hydrogens is 347 g/mol. The van der Waals surface area contributed by atoms with E-state index in [1.54, 1.807) is 0 Å². The third kappa shape index (κ3) is 5.02. The van der Waals surface area contributed by atoms with E-state index in [4.69, 9.17) is 0 Å². The molecule has 108 valence electrons. The molecule has 0 unspecified atom stereocenters. The van der Waals surface area contributed by atoms with Gasteiger partial charge in [0.15, 0.2) is 9.84 Å². The molecule has 1 rings (SSSR count). The van der Waals surface area contributed by atoms with Gasteiger partial charge in [-0.25, -0.2) is 8.42 Å². The monoisotopic (exact) mass is 359 g/mol. The second kappa shape index (κ2) is 6.13. The molecule has 0 heterocycles. The first-order valence-corrected chi connectivity index (χ1v) is 8.08. The van der Waals surface area contributed by atoms with E-state index in [-0.39, 0.29) is 23.7 Å². The molecule has 0 aliphatic rings. The molecule has 8 heteroatoms. The summed E-state index contributed by atoms with van der Waals surface area (Å²) in [6, 6.07) is 3.51. The van der Waals surface area contributed by atoms with Gasteiger partial charge >= 0.3 is 6.18 Å². The van der Waals surface area contributed by atoms with Gasteiger partial charge in [-0.15, -0.1) is 0 Å². The topological polar surface area (TPSA) is 46.2 Å². The van der Waals surface area contributed by atoms with E-state index in [0.717, 1.165) is 6.07 Å². The Kier molecular flexibility index (Phi) is 5.26. The predicted molar refractivity (Wildman–Crippen MR) is 72.0 cm³/mol. The van der Waals surface area contributed by atoms with Crippen molar-refractivity contribution >= 4 is 31.5 Å². The van der Waals surface area contributed by atoms with Crippen molar-refractivity contribution in [2.75, 3.05) is 23.4 Å². The van der Waals surface area contributed by atoms with Gasteiger partial charge in [0.2, 0.25) is 0 Å². The van der Waals surface area contributed by atoms with Crippen LogP contribution in [0, 0.1) is 0 Å². The fraction of sp³-hybridized carbons (Fsp3) is 0.455. The number of rotatable bonds is 5. The summed E-state index contributed by atoms with van der Waals surface area (Å²) in [4.78, 5) is 0. The Morgan fingerprint density at radius 3 is 2.47 bits per heavy atom. The number of hydrogen-bond acceptors (Lipinski definition) is 3. The van der Waals surface area contributed by atoms with Crippen LogP contribution in [-0.4, -0.2) is 26.5 Å². The van der Waals surface area contributed by atoms with Gasteiger partial charge < -0.3 is 5.32 Å². The number of sulfone groups is 1. The lowest BCUT2D eigenvalue weighted by molar-refractivity contribution is -0.136. The van der Waals surface area contributed by atoms with E-state index >= 15 is 0 Å².